The van der Waals surface area contributed by atoms with Gasteiger partial charge in [0.15, 0.2) is 0 Å². The highest BCUT2D eigenvalue weighted by Crippen LogP contribution is 2.22. The van der Waals surface area contributed by atoms with E-state index in [2.05, 4.69) is 29.7 Å². The molecule has 6 N–H and O–H groups in total. The van der Waals surface area contributed by atoms with E-state index in [1.807, 2.05) is 24.3 Å². The number of allylic oxidation sites excluding steroid dienone is 2. The topological polar surface area (TPSA) is 103 Å². The number of nitrogens with zero attached hydrogens (tertiary/aromatic N) is 1. The average Bonchev–Trinajstić information content (AvgIpc) is 2.76. The molecule has 2 aromatic rings. The van der Waals surface area contributed by atoms with Gasteiger partial charge in [0.2, 0.25) is 0 Å². The first-order valence-corrected chi connectivity index (χ1v) is 10.7. The fourth-order valence-electron chi connectivity index (χ4n) is 3.71. The van der Waals surface area contributed by atoms with Crippen molar-refractivity contribution in [1.29, 1.82) is 10.8 Å². The summed E-state index contributed by atoms with van der Waals surface area (Å²) in [5.74, 6) is 0. The molecule has 156 valence electrons. The zero-order valence-electron chi connectivity index (χ0n) is 17.1. The monoisotopic (exact) mass is 419 g/mol. The maximum Gasteiger partial charge on any atom is 0.0862 e. The summed E-state index contributed by atoms with van der Waals surface area (Å²) in [5.41, 5.74) is 17.5. The molecular weight excluding hydrogens is 390 g/mol. The Kier molecular flexibility index (Phi) is 7.49. The SMILES string of the molecule is N=C/C(=C\S)c1ccc(N)c(C(=N)/C(N)=C/c2cccc(CN3CCCCC3)c2)c1. The summed E-state index contributed by atoms with van der Waals surface area (Å²) in [5, 5.41) is 17.6. The highest BCUT2D eigenvalue weighted by Gasteiger charge is 2.12. The number of nitrogens with one attached hydrogen (secondary N) is 2. The van der Waals surface area contributed by atoms with E-state index in [4.69, 9.17) is 22.3 Å². The standard InChI is InChI=1S/C24H29N5S/c25-14-20(16-30)19-7-8-22(26)21(13-19)24(28)23(27)12-17-5-4-6-18(11-17)15-29-9-2-1-3-10-29/h4-8,11-14,16,25,28,30H,1-3,9-10,15,26-27H2/b20-16+,23-12-,25-14?,28-24?. The van der Waals surface area contributed by atoms with Crippen LogP contribution < -0.4 is 11.5 Å². The Hall–Kier alpha value is -2.83. The van der Waals surface area contributed by atoms with Crippen LogP contribution in [0.25, 0.3) is 11.6 Å². The Morgan fingerprint density at radius 1 is 1.10 bits per heavy atom. The molecule has 1 aliphatic rings. The van der Waals surface area contributed by atoms with Gasteiger partial charge in [-0.3, -0.25) is 10.3 Å². The zero-order chi connectivity index (χ0) is 21.5. The molecule has 0 radical (unpaired) electrons. The summed E-state index contributed by atoms with van der Waals surface area (Å²) < 4.78 is 0. The van der Waals surface area contributed by atoms with Gasteiger partial charge in [-0.15, -0.1) is 0 Å². The second-order valence-electron chi connectivity index (χ2n) is 7.59. The number of nitrogen functional groups attached to an aromatic ring is 1. The molecule has 0 aromatic heterocycles. The minimum atomic E-state index is 0.166. The Bertz CT molecular complexity index is 987. The largest absolute Gasteiger partial charge is 0.398 e. The van der Waals surface area contributed by atoms with E-state index in [1.165, 1.54) is 31.0 Å². The third-order valence-corrected chi connectivity index (χ3v) is 5.65. The molecule has 1 fully saturated rings. The van der Waals surface area contributed by atoms with Gasteiger partial charge in [-0.05, 0) is 66.2 Å². The molecule has 0 spiro atoms. The number of anilines is 1. The molecule has 30 heavy (non-hydrogen) atoms. The smallest absolute Gasteiger partial charge is 0.0862 e. The first kappa shape index (κ1) is 21.9. The second kappa shape index (κ2) is 10.3. The highest BCUT2D eigenvalue weighted by atomic mass is 32.1. The third-order valence-electron chi connectivity index (χ3n) is 5.37. The van der Waals surface area contributed by atoms with Crippen LogP contribution in [0.2, 0.25) is 0 Å². The molecule has 2 aromatic carbocycles. The van der Waals surface area contributed by atoms with Gasteiger partial charge in [0, 0.05) is 29.6 Å². The van der Waals surface area contributed by atoms with Crippen LogP contribution in [0, 0.1) is 10.8 Å². The van der Waals surface area contributed by atoms with Gasteiger partial charge >= 0.3 is 0 Å². The van der Waals surface area contributed by atoms with Crippen LogP contribution >= 0.6 is 12.6 Å². The molecule has 0 saturated carbocycles. The molecule has 0 unspecified atom stereocenters. The van der Waals surface area contributed by atoms with Crippen LogP contribution in [0.15, 0.2) is 53.6 Å². The number of nitrogens with two attached hydrogens (primary N) is 2. The van der Waals surface area contributed by atoms with Crippen molar-refractivity contribution in [2.75, 3.05) is 18.8 Å². The van der Waals surface area contributed by atoms with Crippen molar-refractivity contribution in [3.63, 3.8) is 0 Å². The van der Waals surface area contributed by atoms with Crippen molar-refractivity contribution in [2.45, 2.75) is 25.8 Å². The van der Waals surface area contributed by atoms with E-state index in [1.54, 1.807) is 17.5 Å². The van der Waals surface area contributed by atoms with Crippen molar-refractivity contribution >= 4 is 41.9 Å². The quantitative estimate of drug-likeness (QED) is 0.258. The van der Waals surface area contributed by atoms with E-state index in [0.717, 1.165) is 30.8 Å². The highest BCUT2D eigenvalue weighted by molar-refractivity contribution is 7.83. The molecule has 1 saturated heterocycles. The van der Waals surface area contributed by atoms with E-state index >= 15 is 0 Å². The lowest BCUT2D eigenvalue weighted by atomic mass is 9.98. The summed E-state index contributed by atoms with van der Waals surface area (Å²) in [4.78, 5) is 2.49. The van der Waals surface area contributed by atoms with Crippen molar-refractivity contribution < 1.29 is 0 Å². The third kappa shape index (κ3) is 5.40. The maximum absolute atomic E-state index is 8.56. The molecular formula is C24H29N5S. The van der Waals surface area contributed by atoms with Crippen molar-refractivity contribution in [3.05, 3.63) is 75.8 Å². The van der Waals surface area contributed by atoms with Crippen LogP contribution in [0.3, 0.4) is 0 Å². The Morgan fingerprint density at radius 3 is 2.57 bits per heavy atom. The lowest BCUT2D eigenvalue weighted by molar-refractivity contribution is 0.221. The average molecular weight is 420 g/mol. The van der Waals surface area contributed by atoms with Crippen LogP contribution in [0.4, 0.5) is 5.69 Å². The summed E-state index contributed by atoms with van der Waals surface area (Å²) in [6.45, 7) is 3.25. The predicted molar refractivity (Wildman–Crippen MR) is 131 cm³/mol. The molecule has 0 bridgehead atoms. The summed E-state index contributed by atoms with van der Waals surface area (Å²) in [6.07, 6.45) is 6.91. The lowest BCUT2D eigenvalue weighted by Gasteiger charge is -2.26. The minimum absolute atomic E-state index is 0.166. The summed E-state index contributed by atoms with van der Waals surface area (Å²) in [6, 6.07) is 13.6. The molecule has 5 nitrogen and oxygen atoms in total. The number of piperidine rings is 1. The van der Waals surface area contributed by atoms with Gasteiger partial charge in [0.1, 0.15) is 0 Å². The molecule has 1 aliphatic heterocycles. The van der Waals surface area contributed by atoms with Gasteiger partial charge in [0.05, 0.1) is 11.4 Å². The lowest BCUT2D eigenvalue weighted by Crippen LogP contribution is -2.29. The summed E-state index contributed by atoms with van der Waals surface area (Å²) >= 11 is 4.14. The number of hydrogen-bond acceptors (Lipinski definition) is 6. The number of benzene rings is 2. The van der Waals surface area contributed by atoms with Crippen LogP contribution in [0.1, 0.15) is 41.5 Å². The van der Waals surface area contributed by atoms with E-state index < -0.39 is 0 Å². The maximum atomic E-state index is 8.56. The summed E-state index contributed by atoms with van der Waals surface area (Å²) in [7, 11) is 0. The Labute approximate surface area is 183 Å². The molecule has 1 heterocycles. The molecule has 0 atom stereocenters. The first-order chi connectivity index (χ1) is 14.5. The van der Waals surface area contributed by atoms with E-state index in [0.29, 0.717) is 22.5 Å². The first-order valence-electron chi connectivity index (χ1n) is 10.1. The Morgan fingerprint density at radius 2 is 1.87 bits per heavy atom. The normalized spacial score (nSPS) is 15.8. The van der Waals surface area contributed by atoms with E-state index in [-0.39, 0.29) is 5.71 Å². The zero-order valence-corrected chi connectivity index (χ0v) is 18.0. The number of hydrogen-bond donors (Lipinski definition) is 5. The van der Waals surface area contributed by atoms with Crippen LogP contribution in [-0.4, -0.2) is 29.9 Å². The number of thiol groups is 1. The molecule has 0 aliphatic carbocycles. The minimum Gasteiger partial charge on any atom is -0.398 e. The molecule has 3 rings (SSSR count). The molecule has 6 heteroatoms. The van der Waals surface area contributed by atoms with Gasteiger partial charge in [-0.2, -0.15) is 12.6 Å². The van der Waals surface area contributed by atoms with Crippen LogP contribution in [0.5, 0.6) is 0 Å². The predicted octanol–water partition coefficient (Wildman–Crippen LogP) is 4.54. The van der Waals surface area contributed by atoms with Gasteiger partial charge in [-0.25, -0.2) is 0 Å². The fourth-order valence-corrected chi connectivity index (χ4v) is 3.94. The molecule has 0 amide bonds. The Balaban J connectivity index is 1.81. The van der Waals surface area contributed by atoms with Gasteiger partial charge in [0.25, 0.3) is 0 Å². The van der Waals surface area contributed by atoms with Crippen LogP contribution in [-0.2, 0) is 6.54 Å². The van der Waals surface area contributed by atoms with Gasteiger partial charge < -0.3 is 16.9 Å². The van der Waals surface area contributed by atoms with E-state index in [9.17, 15) is 0 Å². The van der Waals surface area contributed by atoms with Crippen molar-refractivity contribution in [2.24, 2.45) is 5.73 Å². The second-order valence-corrected chi connectivity index (χ2v) is 7.85. The van der Waals surface area contributed by atoms with Crippen molar-refractivity contribution in [1.82, 2.24) is 4.90 Å². The van der Waals surface area contributed by atoms with Gasteiger partial charge in [-0.1, -0.05) is 36.8 Å². The number of rotatable bonds is 7. The number of likely N-dealkylation sites (tertiary alicyclic amines) is 1. The fraction of sp³-hybridized carbons (Fsp3) is 0.250. The van der Waals surface area contributed by atoms with Crippen molar-refractivity contribution in [3.8, 4) is 0 Å².